The van der Waals surface area contributed by atoms with Crippen molar-refractivity contribution in [1.29, 1.82) is 0 Å². The van der Waals surface area contributed by atoms with Crippen LogP contribution in [0.5, 0.6) is 0 Å². The monoisotopic (exact) mass is 230 g/mol. The van der Waals surface area contributed by atoms with Gasteiger partial charge in [0.05, 0.1) is 19.8 Å². The van der Waals surface area contributed by atoms with E-state index in [2.05, 4.69) is 10.6 Å². The molecule has 1 aliphatic carbocycles. The van der Waals surface area contributed by atoms with Gasteiger partial charge in [0.25, 0.3) is 0 Å². The minimum atomic E-state index is -0.207. The van der Waals surface area contributed by atoms with Crippen molar-refractivity contribution in [2.75, 3.05) is 26.9 Å². The van der Waals surface area contributed by atoms with Crippen molar-refractivity contribution in [3.05, 3.63) is 0 Å². The summed E-state index contributed by atoms with van der Waals surface area (Å²) < 4.78 is 4.93. The first-order valence-electron chi connectivity index (χ1n) is 5.76. The Bertz CT molecular complexity index is 224. The van der Waals surface area contributed by atoms with Crippen LogP contribution in [-0.4, -0.2) is 49.5 Å². The van der Waals surface area contributed by atoms with Gasteiger partial charge in [-0.15, -0.1) is 0 Å². The average Bonchev–Trinajstić information content (AvgIpc) is 2.17. The summed E-state index contributed by atoms with van der Waals surface area (Å²) in [6.07, 6.45) is 3.02. The second kappa shape index (κ2) is 6.18. The fourth-order valence-corrected chi connectivity index (χ4v) is 1.88. The molecule has 0 heterocycles. The van der Waals surface area contributed by atoms with Crippen molar-refractivity contribution in [3.8, 4) is 0 Å². The number of carbonyl (C=O) groups excluding carboxylic acids is 1. The highest BCUT2D eigenvalue weighted by molar-refractivity contribution is 5.78. The maximum absolute atomic E-state index is 11.5. The van der Waals surface area contributed by atoms with Crippen LogP contribution in [-0.2, 0) is 9.53 Å². The zero-order chi connectivity index (χ0) is 12.0. The van der Waals surface area contributed by atoms with E-state index in [0.29, 0.717) is 6.61 Å². The van der Waals surface area contributed by atoms with E-state index >= 15 is 0 Å². The molecule has 5 nitrogen and oxygen atoms in total. The molecule has 3 N–H and O–H groups in total. The molecule has 1 atom stereocenters. The molecule has 1 unspecified atom stereocenters. The number of hydrogen-bond acceptors (Lipinski definition) is 4. The molecule has 16 heavy (non-hydrogen) atoms. The average molecular weight is 230 g/mol. The minimum Gasteiger partial charge on any atom is -0.394 e. The zero-order valence-corrected chi connectivity index (χ0v) is 10.1. The molecule has 0 aliphatic heterocycles. The third-order valence-electron chi connectivity index (χ3n) is 3.06. The van der Waals surface area contributed by atoms with E-state index in [1.165, 1.54) is 0 Å². The Morgan fingerprint density at radius 3 is 2.69 bits per heavy atom. The highest BCUT2D eigenvalue weighted by Gasteiger charge is 2.36. The van der Waals surface area contributed by atoms with E-state index in [4.69, 9.17) is 4.74 Å². The Hall–Kier alpha value is -0.650. The first-order valence-corrected chi connectivity index (χ1v) is 5.76. The van der Waals surface area contributed by atoms with Crippen LogP contribution in [0.25, 0.3) is 0 Å². The van der Waals surface area contributed by atoms with Crippen LogP contribution in [0.1, 0.15) is 26.2 Å². The van der Waals surface area contributed by atoms with Gasteiger partial charge in [0, 0.05) is 18.7 Å². The number of carbonyl (C=O) groups is 1. The summed E-state index contributed by atoms with van der Waals surface area (Å²) in [6, 6.07) is 0.0192. The Kier molecular flexibility index (Phi) is 5.18. The maximum Gasteiger partial charge on any atom is 0.234 e. The van der Waals surface area contributed by atoms with Crippen LogP contribution in [0, 0.1) is 0 Å². The number of rotatable bonds is 7. The van der Waals surface area contributed by atoms with Gasteiger partial charge < -0.3 is 20.5 Å². The lowest BCUT2D eigenvalue weighted by molar-refractivity contribution is -0.121. The summed E-state index contributed by atoms with van der Waals surface area (Å²) in [7, 11) is 1.61. The van der Waals surface area contributed by atoms with Gasteiger partial charge >= 0.3 is 0 Å². The summed E-state index contributed by atoms with van der Waals surface area (Å²) in [6.45, 7) is 2.77. The third kappa shape index (κ3) is 3.73. The van der Waals surface area contributed by atoms with Crippen molar-refractivity contribution >= 4 is 5.91 Å². The number of aliphatic hydroxyl groups excluding tert-OH is 1. The quantitative estimate of drug-likeness (QED) is 0.559. The number of ether oxygens (including phenoxy) is 1. The smallest absolute Gasteiger partial charge is 0.234 e. The van der Waals surface area contributed by atoms with Gasteiger partial charge in [-0.3, -0.25) is 4.79 Å². The molecule has 0 radical (unpaired) electrons. The van der Waals surface area contributed by atoms with E-state index in [1.807, 2.05) is 6.92 Å². The van der Waals surface area contributed by atoms with Crippen LogP contribution in [0.3, 0.4) is 0 Å². The molecule has 0 aromatic heterocycles. The molecule has 1 saturated carbocycles. The number of amides is 1. The molecule has 0 spiro atoms. The molecule has 0 aromatic rings. The molecule has 5 heteroatoms. The largest absolute Gasteiger partial charge is 0.394 e. The molecule has 1 aliphatic rings. The molecule has 1 fully saturated rings. The standard InChI is InChI=1S/C11H22N2O3/c1-9(7-16-2)13-10(15)6-12-11(8-14)4-3-5-11/h9,12,14H,3-8H2,1-2H3,(H,13,15). The van der Waals surface area contributed by atoms with Crippen molar-refractivity contribution < 1.29 is 14.6 Å². The van der Waals surface area contributed by atoms with E-state index in [9.17, 15) is 9.90 Å². The number of aliphatic hydroxyl groups is 1. The van der Waals surface area contributed by atoms with E-state index < -0.39 is 0 Å². The fourth-order valence-electron chi connectivity index (χ4n) is 1.88. The number of nitrogens with one attached hydrogen (secondary N) is 2. The molecular formula is C11H22N2O3. The van der Waals surface area contributed by atoms with E-state index in [-0.39, 0.29) is 30.6 Å². The van der Waals surface area contributed by atoms with Crippen molar-refractivity contribution in [2.45, 2.75) is 37.8 Å². The van der Waals surface area contributed by atoms with Crippen molar-refractivity contribution in [2.24, 2.45) is 0 Å². The topological polar surface area (TPSA) is 70.6 Å². The van der Waals surface area contributed by atoms with Crippen LogP contribution < -0.4 is 10.6 Å². The van der Waals surface area contributed by atoms with Gasteiger partial charge in [-0.05, 0) is 26.2 Å². The lowest BCUT2D eigenvalue weighted by Gasteiger charge is -2.41. The molecule has 0 bridgehead atoms. The van der Waals surface area contributed by atoms with Gasteiger partial charge in [-0.1, -0.05) is 0 Å². The molecule has 1 rings (SSSR count). The Morgan fingerprint density at radius 1 is 1.56 bits per heavy atom. The fraction of sp³-hybridized carbons (Fsp3) is 0.909. The molecule has 1 amide bonds. The molecular weight excluding hydrogens is 208 g/mol. The number of methoxy groups -OCH3 is 1. The lowest BCUT2D eigenvalue weighted by Crippen LogP contribution is -2.56. The minimum absolute atomic E-state index is 0.0192. The first kappa shape index (κ1) is 13.4. The highest BCUT2D eigenvalue weighted by Crippen LogP contribution is 2.30. The zero-order valence-electron chi connectivity index (χ0n) is 10.1. The van der Waals surface area contributed by atoms with Crippen LogP contribution in [0.4, 0.5) is 0 Å². The van der Waals surface area contributed by atoms with Crippen molar-refractivity contribution in [3.63, 3.8) is 0 Å². The van der Waals surface area contributed by atoms with Gasteiger partial charge in [0.2, 0.25) is 5.91 Å². The van der Waals surface area contributed by atoms with E-state index in [0.717, 1.165) is 19.3 Å². The SMILES string of the molecule is COCC(C)NC(=O)CNC1(CO)CCC1. The third-order valence-corrected chi connectivity index (χ3v) is 3.06. The second-order valence-electron chi connectivity index (χ2n) is 4.57. The summed E-state index contributed by atoms with van der Waals surface area (Å²) >= 11 is 0. The van der Waals surface area contributed by atoms with Gasteiger partial charge in [-0.25, -0.2) is 0 Å². The second-order valence-corrected chi connectivity index (χ2v) is 4.57. The van der Waals surface area contributed by atoms with Crippen LogP contribution in [0.2, 0.25) is 0 Å². The van der Waals surface area contributed by atoms with E-state index in [1.54, 1.807) is 7.11 Å². The first-order chi connectivity index (χ1) is 7.62. The Morgan fingerprint density at radius 2 is 2.25 bits per heavy atom. The van der Waals surface area contributed by atoms with Crippen LogP contribution >= 0.6 is 0 Å². The molecule has 0 aromatic carbocycles. The predicted molar refractivity (Wildman–Crippen MR) is 61.2 cm³/mol. The van der Waals surface area contributed by atoms with Gasteiger partial charge in [0.15, 0.2) is 0 Å². The Labute approximate surface area is 96.6 Å². The summed E-state index contributed by atoms with van der Waals surface area (Å²) in [5.41, 5.74) is -0.207. The van der Waals surface area contributed by atoms with Crippen LogP contribution in [0.15, 0.2) is 0 Å². The molecule has 94 valence electrons. The van der Waals surface area contributed by atoms with Gasteiger partial charge in [-0.2, -0.15) is 0 Å². The van der Waals surface area contributed by atoms with Crippen molar-refractivity contribution in [1.82, 2.24) is 10.6 Å². The summed E-state index contributed by atoms with van der Waals surface area (Å²) in [4.78, 5) is 11.5. The predicted octanol–water partition coefficient (Wildman–Crippen LogP) is -0.358. The summed E-state index contributed by atoms with van der Waals surface area (Å²) in [5.74, 6) is -0.0516. The maximum atomic E-state index is 11.5. The lowest BCUT2D eigenvalue weighted by atomic mass is 9.77. The Balaban J connectivity index is 2.19. The molecule has 0 saturated heterocycles. The normalized spacial score (nSPS) is 19.9. The number of hydrogen-bond donors (Lipinski definition) is 3. The summed E-state index contributed by atoms with van der Waals surface area (Å²) in [5, 5.41) is 15.1. The van der Waals surface area contributed by atoms with Gasteiger partial charge in [0.1, 0.15) is 0 Å². The highest BCUT2D eigenvalue weighted by atomic mass is 16.5.